The van der Waals surface area contributed by atoms with Crippen LogP contribution in [0, 0.1) is 0 Å². The minimum Gasteiger partial charge on any atom is -0.301 e. The van der Waals surface area contributed by atoms with E-state index in [1.807, 2.05) is 24.3 Å². The zero-order chi connectivity index (χ0) is 17.2. The van der Waals surface area contributed by atoms with Crippen LogP contribution >= 0.6 is 11.3 Å². The summed E-state index contributed by atoms with van der Waals surface area (Å²) < 4.78 is 27.7. The summed E-state index contributed by atoms with van der Waals surface area (Å²) in [6.45, 7) is 1.70. The molecule has 0 fully saturated rings. The van der Waals surface area contributed by atoms with Gasteiger partial charge in [0.25, 0.3) is 10.0 Å². The first-order chi connectivity index (χ1) is 11.5. The summed E-state index contributed by atoms with van der Waals surface area (Å²) in [5, 5.41) is 10.1. The number of aryl methyl sites for hydroxylation is 1. The fraction of sp³-hybridized carbons (Fsp3) is 0.400. The van der Waals surface area contributed by atoms with Crippen LogP contribution in [0.4, 0.5) is 5.13 Å². The van der Waals surface area contributed by atoms with Crippen LogP contribution in [0.1, 0.15) is 43.4 Å². The molecule has 1 aromatic carbocycles. The highest BCUT2D eigenvalue weighted by molar-refractivity contribution is 7.91. The number of fused-ring (bicyclic) bond motifs is 1. The summed E-state index contributed by atoms with van der Waals surface area (Å²) in [5.41, 5.74) is 2.18. The third-order valence-electron chi connectivity index (χ3n) is 3.87. The van der Waals surface area contributed by atoms with E-state index in [4.69, 9.17) is 0 Å². The summed E-state index contributed by atoms with van der Waals surface area (Å²) >= 11 is 0.849. The molecule has 2 N–H and O–H groups in total. The first-order valence-corrected chi connectivity index (χ1v) is 10.0. The van der Waals surface area contributed by atoms with Crippen LogP contribution in [0.25, 0.3) is 0 Å². The Bertz CT molecular complexity index is 848. The minimum atomic E-state index is -3.78. The highest BCUT2D eigenvalue weighted by Gasteiger charge is 2.28. The van der Waals surface area contributed by atoms with E-state index in [1.54, 1.807) is 6.92 Å². The number of benzene rings is 1. The Labute approximate surface area is 144 Å². The van der Waals surface area contributed by atoms with E-state index in [0.717, 1.165) is 36.2 Å². The first kappa shape index (κ1) is 17.0. The third kappa shape index (κ3) is 3.63. The average Bonchev–Trinajstić information content (AvgIpc) is 3.04. The largest absolute Gasteiger partial charge is 0.301 e. The van der Waals surface area contributed by atoms with Crippen molar-refractivity contribution in [2.45, 2.75) is 43.0 Å². The molecule has 0 aliphatic heterocycles. The number of rotatable bonds is 5. The van der Waals surface area contributed by atoms with E-state index in [9.17, 15) is 13.2 Å². The molecule has 1 aliphatic rings. The summed E-state index contributed by atoms with van der Waals surface area (Å²) in [5.74, 6) is -0.232. The molecule has 0 saturated carbocycles. The Balaban J connectivity index is 1.79. The molecule has 0 unspecified atom stereocenters. The van der Waals surface area contributed by atoms with Gasteiger partial charge >= 0.3 is 0 Å². The summed E-state index contributed by atoms with van der Waals surface area (Å²) in [6.07, 6.45) is 2.92. The molecule has 1 heterocycles. The Morgan fingerprint density at radius 2 is 2.12 bits per heavy atom. The topological polar surface area (TPSA) is 101 Å². The van der Waals surface area contributed by atoms with E-state index in [1.165, 1.54) is 5.56 Å². The molecule has 3 rings (SSSR count). The second kappa shape index (κ2) is 6.96. The van der Waals surface area contributed by atoms with Gasteiger partial charge in [-0.05, 0) is 30.4 Å². The maximum absolute atomic E-state index is 12.6. The van der Waals surface area contributed by atoms with Crippen molar-refractivity contribution in [2.75, 3.05) is 5.32 Å². The van der Waals surface area contributed by atoms with Gasteiger partial charge in [-0.15, -0.1) is 10.2 Å². The number of sulfonamides is 1. The van der Waals surface area contributed by atoms with Crippen LogP contribution in [0.3, 0.4) is 0 Å². The van der Waals surface area contributed by atoms with E-state index in [-0.39, 0.29) is 21.4 Å². The first-order valence-electron chi connectivity index (χ1n) is 7.73. The van der Waals surface area contributed by atoms with Crippen LogP contribution < -0.4 is 10.0 Å². The molecule has 7 nitrogen and oxygen atoms in total. The van der Waals surface area contributed by atoms with Gasteiger partial charge in [-0.25, -0.2) is 13.1 Å². The van der Waals surface area contributed by atoms with Crippen molar-refractivity contribution in [3.8, 4) is 0 Å². The molecule has 2 aromatic rings. The number of amides is 1. The third-order valence-corrected chi connectivity index (χ3v) is 6.55. The Kier molecular flexibility index (Phi) is 4.93. The number of carbonyl (C=O) groups is 1. The number of hydrogen-bond donors (Lipinski definition) is 2. The van der Waals surface area contributed by atoms with Gasteiger partial charge in [0, 0.05) is 12.5 Å². The second-order valence-electron chi connectivity index (χ2n) is 5.54. The lowest BCUT2D eigenvalue weighted by Crippen LogP contribution is -2.31. The number of hydrogen-bond acceptors (Lipinski definition) is 6. The fourth-order valence-corrected chi connectivity index (χ4v) is 4.87. The zero-order valence-electron chi connectivity index (χ0n) is 13.2. The van der Waals surface area contributed by atoms with Gasteiger partial charge in [0.1, 0.15) is 0 Å². The van der Waals surface area contributed by atoms with Gasteiger partial charge in [-0.3, -0.25) is 4.79 Å². The molecule has 0 saturated heterocycles. The monoisotopic (exact) mass is 366 g/mol. The van der Waals surface area contributed by atoms with Crippen molar-refractivity contribution in [3.63, 3.8) is 0 Å². The Hall–Kier alpha value is -1.84. The van der Waals surface area contributed by atoms with Crippen molar-refractivity contribution in [1.29, 1.82) is 0 Å². The van der Waals surface area contributed by atoms with E-state index in [2.05, 4.69) is 20.2 Å². The molecule has 0 spiro atoms. The Morgan fingerprint density at radius 1 is 1.33 bits per heavy atom. The molecule has 1 aromatic heterocycles. The van der Waals surface area contributed by atoms with Crippen molar-refractivity contribution in [1.82, 2.24) is 14.9 Å². The number of nitrogens with zero attached hydrogens (tertiary/aromatic N) is 2. The lowest BCUT2D eigenvalue weighted by atomic mass is 9.88. The highest BCUT2D eigenvalue weighted by atomic mass is 32.2. The SMILES string of the molecule is CCC(=O)Nc1nnc(S(=O)(=O)N[C@@H]2CCCc3ccccc32)s1. The maximum Gasteiger partial charge on any atom is 0.270 e. The lowest BCUT2D eigenvalue weighted by Gasteiger charge is -2.25. The molecule has 0 bridgehead atoms. The van der Waals surface area contributed by atoms with Crippen LogP contribution in [-0.4, -0.2) is 24.5 Å². The average molecular weight is 366 g/mol. The lowest BCUT2D eigenvalue weighted by molar-refractivity contribution is -0.115. The van der Waals surface area contributed by atoms with Crippen LogP contribution in [0.5, 0.6) is 0 Å². The number of nitrogens with one attached hydrogen (secondary N) is 2. The molecule has 0 radical (unpaired) electrons. The molecular formula is C15H18N4O3S2. The molecule has 1 amide bonds. The van der Waals surface area contributed by atoms with E-state index >= 15 is 0 Å². The second-order valence-corrected chi connectivity index (χ2v) is 8.40. The minimum absolute atomic E-state index is 0.142. The van der Waals surface area contributed by atoms with Crippen molar-refractivity contribution < 1.29 is 13.2 Å². The summed E-state index contributed by atoms with van der Waals surface area (Å²) in [7, 11) is -3.78. The van der Waals surface area contributed by atoms with Gasteiger partial charge in [0.15, 0.2) is 0 Å². The molecule has 9 heteroatoms. The molecule has 1 aliphatic carbocycles. The normalized spacial score (nSPS) is 17.3. The van der Waals surface area contributed by atoms with E-state index < -0.39 is 10.0 Å². The van der Waals surface area contributed by atoms with Crippen molar-refractivity contribution in [3.05, 3.63) is 35.4 Å². The highest BCUT2D eigenvalue weighted by Crippen LogP contribution is 2.31. The predicted octanol–water partition coefficient (Wildman–Crippen LogP) is 2.24. The smallest absolute Gasteiger partial charge is 0.270 e. The number of aromatic nitrogens is 2. The summed E-state index contributed by atoms with van der Waals surface area (Å²) in [6, 6.07) is 7.59. The standard InChI is InChI=1S/C15H18N4O3S2/c1-2-13(20)16-14-17-18-15(23-14)24(21,22)19-12-9-5-7-10-6-3-4-8-11(10)12/h3-4,6,8,12,19H,2,5,7,9H2,1H3,(H,16,17,20)/t12-/m1/s1. The van der Waals surface area contributed by atoms with Gasteiger partial charge in [0.05, 0.1) is 0 Å². The maximum atomic E-state index is 12.6. The van der Waals surface area contributed by atoms with Crippen LogP contribution in [-0.2, 0) is 21.2 Å². The molecule has 128 valence electrons. The van der Waals surface area contributed by atoms with Crippen LogP contribution in [0.2, 0.25) is 0 Å². The van der Waals surface area contributed by atoms with Crippen molar-refractivity contribution >= 4 is 32.4 Å². The molecule has 1 atom stereocenters. The van der Waals surface area contributed by atoms with Gasteiger partial charge in [-0.2, -0.15) is 0 Å². The van der Waals surface area contributed by atoms with E-state index in [0.29, 0.717) is 6.42 Å². The van der Waals surface area contributed by atoms with Gasteiger partial charge in [-0.1, -0.05) is 42.5 Å². The quantitative estimate of drug-likeness (QED) is 0.790. The fourth-order valence-electron chi connectivity index (χ4n) is 2.69. The van der Waals surface area contributed by atoms with Gasteiger partial charge < -0.3 is 5.32 Å². The molecular weight excluding hydrogens is 348 g/mol. The zero-order valence-corrected chi connectivity index (χ0v) is 14.8. The van der Waals surface area contributed by atoms with Gasteiger partial charge in [0.2, 0.25) is 15.4 Å². The predicted molar refractivity (Wildman–Crippen MR) is 91.3 cm³/mol. The summed E-state index contributed by atoms with van der Waals surface area (Å²) in [4.78, 5) is 11.4. The van der Waals surface area contributed by atoms with Crippen molar-refractivity contribution in [2.24, 2.45) is 0 Å². The number of anilines is 1. The van der Waals surface area contributed by atoms with Crippen LogP contribution in [0.15, 0.2) is 28.6 Å². The number of carbonyl (C=O) groups excluding carboxylic acids is 1. The Morgan fingerprint density at radius 3 is 2.92 bits per heavy atom. The molecule has 24 heavy (non-hydrogen) atoms.